The van der Waals surface area contributed by atoms with Gasteiger partial charge < -0.3 is 15.2 Å². The molecule has 0 spiro atoms. The summed E-state index contributed by atoms with van der Waals surface area (Å²) >= 11 is 0. The lowest BCUT2D eigenvalue weighted by molar-refractivity contribution is -0.138. The predicted molar refractivity (Wildman–Crippen MR) is 138 cm³/mol. The molecular formula is C28H36N4O3. The average Bonchev–Trinajstić information content (AvgIpc) is 2.83. The topological polar surface area (TPSA) is 97.2 Å². The number of rotatable bonds is 13. The Morgan fingerprint density at radius 2 is 2.00 bits per heavy atom. The van der Waals surface area contributed by atoms with E-state index in [1.54, 1.807) is 0 Å². The van der Waals surface area contributed by atoms with Crippen LogP contribution in [0.15, 0.2) is 42.7 Å². The van der Waals surface area contributed by atoms with Gasteiger partial charge in [-0.3, -0.25) is 4.98 Å². The van der Waals surface area contributed by atoms with Gasteiger partial charge in [0.15, 0.2) is 0 Å². The zero-order chi connectivity index (χ0) is 24.6. The number of aliphatic carboxylic acids is 1. The molecule has 0 radical (unpaired) electrons. The van der Waals surface area contributed by atoms with E-state index >= 15 is 0 Å². The number of unbranched alkanes of at least 4 members (excludes halogenated alkanes) is 1. The fraction of sp³-hybridized carbons (Fsp3) is 0.500. The van der Waals surface area contributed by atoms with E-state index < -0.39 is 12.0 Å². The van der Waals surface area contributed by atoms with Crippen molar-refractivity contribution < 1.29 is 14.6 Å². The quantitative estimate of drug-likeness (QED) is 0.343. The Labute approximate surface area is 207 Å². The SMILES string of the molecule is CCCCc1ccc(CCC2CC(OCCC(Nc3ncnc4ccccc34)C(=O)O)C2)nc1C. The lowest BCUT2D eigenvalue weighted by Gasteiger charge is -2.35. The molecule has 0 aliphatic heterocycles. The molecule has 3 aromatic rings. The summed E-state index contributed by atoms with van der Waals surface area (Å²) in [6.07, 6.45) is 9.79. The van der Waals surface area contributed by atoms with E-state index in [4.69, 9.17) is 9.72 Å². The molecule has 1 unspecified atom stereocenters. The van der Waals surface area contributed by atoms with E-state index in [9.17, 15) is 9.90 Å². The van der Waals surface area contributed by atoms with Crippen LogP contribution in [0.25, 0.3) is 10.9 Å². The smallest absolute Gasteiger partial charge is 0.326 e. The molecule has 0 amide bonds. The third-order valence-electron chi connectivity index (χ3n) is 6.97. The zero-order valence-electron chi connectivity index (χ0n) is 20.7. The third kappa shape index (κ3) is 6.75. The molecule has 1 aromatic carbocycles. The van der Waals surface area contributed by atoms with Crippen LogP contribution in [-0.4, -0.2) is 44.8 Å². The first-order valence-electron chi connectivity index (χ1n) is 12.8. The minimum absolute atomic E-state index is 0.223. The number of para-hydroxylation sites is 1. The third-order valence-corrected chi connectivity index (χ3v) is 6.97. The molecule has 4 rings (SSSR count). The molecule has 186 valence electrons. The number of pyridine rings is 1. The summed E-state index contributed by atoms with van der Waals surface area (Å²) in [6.45, 7) is 4.74. The second-order valence-electron chi connectivity index (χ2n) is 9.58. The number of anilines is 1. The number of aryl methyl sites for hydroxylation is 3. The first-order valence-corrected chi connectivity index (χ1v) is 12.8. The van der Waals surface area contributed by atoms with Gasteiger partial charge >= 0.3 is 5.97 Å². The number of ether oxygens (including phenoxy) is 1. The number of fused-ring (bicyclic) bond motifs is 1. The van der Waals surface area contributed by atoms with Gasteiger partial charge in [0.1, 0.15) is 18.2 Å². The van der Waals surface area contributed by atoms with Crippen molar-refractivity contribution in [3.8, 4) is 0 Å². The highest BCUT2D eigenvalue weighted by Gasteiger charge is 2.30. The van der Waals surface area contributed by atoms with Gasteiger partial charge in [0.25, 0.3) is 0 Å². The lowest BCUT2D eigenvalue weighted by atomic mass is 9.79. The first-order chi connectivity index (χ1) is 17.0. The molecule has 2 N–H and O–H groups in total. The predicted octanol–water partition coefficient (Wildman–Crippen LogP) is 5.36. The molecule has 1 fully saturated rings. The summed E-state index contributed by atoms with van der Waals surface area (Å²) in [5.74, 6) is 0.280. The maximum atomic E-state index is 11.8. The lowest BCUT2D eigenvalue weighted by Crippen LogP contribution is -2.35. The second-order valence-corrected chi connectivity index (χ2v) is 9.58. The van der Waals surface area contributed by atoms with Gasteiger partial charge in [-0.05, 0) is 75.1 Å². The molecule has 0 bridgehead atoms. The van der Waals surface area contributed by atoms with Crippen LogP contribution in [0.2, 0.25) is 0 Å². The maximum absolute atomic E-state index is 11.8. The summed E-state index contributed by atoms with van der Waals surface area (Å²) < 4.78 is 5.99. The average molecular weight is 477 g/mol. The molecule has 1 saturated carbocycles. The fourth-order valence-electron chi connectivity index (χ4n) is 4.71. The van der Waals surface area contributed by atoms with E-state index in [1.165, 1.54) is 36.1 Å². The standard InChI is InChI=1S/C28H36N4O3/c1-3-4-7-21-11-13-22(31-19(21)2)12-10-20-16-23(17-20)35-15-14-26(28(33)34)32-27-24-8-5-6-9-25(24)29-18-30-27/h5-6,8-9,11,13,18,20,23,26H,3-4,7,10,12,14-17H2,1-2H3,(H,33,34)(H,29,30,32). The largest absolute Gasteiger partial charge is 0.480 e. The van der Waals surface area contributed by atoms with Crippen molar-refractivity contribution in [3.63, 3.8) is 0 Å². The Balaban J connectivity index is 1.18. The van der Waals surface area contributed by atoms with Gasteiger partial charge in [-0.1, -0.05) is 31.5 Å². The number of aromatic nitrogens is 3. The number of hydrogen-bond acceptors (Lipinski definition) is 6. The molecule has 1 aliphatic carbocycles. The van der Waals surface area contributed by atoms with Crippen molar-refractivity contribution in [2.24, 2.45) is 5.92 Å². The Hall–Kier alpha value is -3.06. The van der Waals surface area contributed by atoms with Crippen LogP contribution in [0.1, 0.15) is 62.4 Å². The minimum atomic E-state index is -0.911. The number of carbonyl (C=O) groups is 1. The van der Waals surface area contributed by atoms with Crippen LogP contribution >= 0.6 is 0 Å². The molecule has 7 heteroatoms. The number of nitrogens with one attached hydrogen (secondary N) is 1. The molecule has 2 heterocycles. The van der Waals surface area contributed by atoms with Crippen LogP contribution in [0.4, 0.5) is 5.82 Å². The number of hydrogen-bond donors (Lipinski definition) is 2. The van der Waals surface area contributed by atoms with Crippen molar-refractivity contribution in [2.75, 3.05) is 11.9 Å². The fourth-order valence-corrected chi connectivity index (χ4v) is 4.71. The monoisotopic (exact) mass is 476 g/mol. The van der Waals surface area contributed by atoms with Crippen molar-refractivity contribution >= 4 is 22.7 Å². The highest BCUT2D eigenvalue weighted by Crippen LogP contribution is 2.34. The summed E-state index contributed by atoms with van der Waals surface area (Å²) in [7, 11) is 0. The van der Waals surface area contributed by atoms with Gasteiger partial charge in [0, 0.05) is 29.8 Å². The normalized spacial score (nSPS) is 18.2. The molecule has 0 saturated heterocycles. The Kier molecular flexibility index (Phi) is 8.64. The molecular weight excluding hydrogens is 440 g/mol. The number of nitrogens with zero attached hydrogens (tertiary/aromatic N) is 3. The maximum Gasteiger partial charge on any atom is 0.326 e. The summed E-state index contributed by atoms with van der Waals surface area (Å²) in [5.41, 5.74) is 4.50. The van der Waals surface area contributed by atoms with Gasteiger partial charge in [-0.2, -0.15) is 0 Å². The van der Waals surface area contributed by atoms with E-state index in [2.05, 4.69) is 41.3 Å². The van der Waals surface area contributed by atoms with Gasteiger partial charge in [-0.25, -0.2) is 14.8 Å². The number of carboxylic acids is 1. The van der Waals surface area contributed by atoms with E-state index in [-0.39, 0.29) is 6.10 Å². The van der Waals surface area contributed by atoms with E-state index in [0.717, 1.165) is 43.0 Å². The van der Waals surface area contributed by atoms with Crippen LogP contribution in [0.3, 0.4) is 0 Å². The summed E-state index contributed by atoms with van der Waals surface area (Å²) in [5, 5.41) is 13.5. The number of carboxylic acid groups (broad SMARTS) is 1. The van der Waals surface area contributed by atoms with Crippen molar-refractivity contribution in [2.45, 2.75) is 77.4 Å². The molecule has 35 heavy (non-hydrogen) atoms. The molecule has 7 nitrogen and oxygen atoms in total. The molecule has 1 aliphatic rings. The number of benzene rings is 1. The minimum Gasteiger partial charge on any atom is -0.480 e. The van der Waals surface area contributed by atoms with Gasteiger partial charge in [-0.15, -0.1) is 0 Å². The highest BCUT2D eigenvalue weighted by atomic mass is 16.5. The van der Waals surface area contributed by atoms with Gasteiger partial charge in [0.2, 0.25) is 0 Å². The van der Waals surface area contributed by atoms with Gasteiger partial charge in [0.05, 0.1) is 11.6 Å². The summed E-state index contributed by atoms with van der Waals surface area (Å²) in [4.78, 5) is 25.1. The van der Waals surface area contributed by atoms with Crippen LogP contribution in [0, 0.1) is 12.8 Å². The van der Waals surface area contributed by atoms with E-state index in [0.29, 0.717) is 24.8 Å². The summed E-state index contributed by atoms with van der Waals surface area (Å²) in [6, 6.07) is 11.2. The molecule has 1 atom stereocenters. The Bertz CT molecular complexity index is 1120. The van der Waals surface area contributed by atoms with E-state index in [1.807, 2.05) is 24.3 Å². The van der Waals surface area contributed by atoms with Crippen molar-refractivity contribution in [1.29, 1.82) is 0 Å². The highest BCUT2D eigenvalue weighted by molar-refractivity contribution is 5.90. The first kappa shape index (κ1) is 25.0. The molecule has 2 aromatic heterocycles. The van der Waals surface area contributed by atoms with Crippen molar-refractivity contribution in [1.82, 2.24) is 15.0 Å². The zero-order valence-corrected chi connectivity index (χ0v) is 20.7. The van der Waals surface area contributed by atoms with Crippen molar-refractivity contribution in [3.05, 3.63) is 59.7 Å². The Morgan fingerprint density at radius 3 is 2.77 bits per heavy atom. The van der Waals surface area contributed by atoms with Crippen LogP contribution in [-0.2, 0) is 22.4 Å². The van der Waals surface area contributed by atoms with Crippen LogP contribution in [0.5, 0.6) is 0 Å². The van der Waals surface area contributed by atoms with Crippen LogP contribution < -0.4 is 5.32 Å². The second kappa shape index (κ2) is 12.1. The Morgan fingerprint density at radius 1 is 1.17 bits per heavy atom.